The number of hydrogen-bond acceptors (Lipinski definition) is 6. The van der Waals surface area contributed by atoms with E-state index in [0.29, 0.717) is 17.1 Å². The molecule has 32 heavy (non-hydrogen) atoms. The quantitative estimate of drug-likeness (QED) is 0.560. The van der Waals surface area contributed by atoms with Crippen LogP contribution in [-0.2, 0) is 22.6 Å². The van der Waals surface area contributed by atoms with Crippen LogP contribution >= 0.6 is 0 Å². The summed E-state index contributed by atoms with van der Waals surface area (Å²) in [6.07, 6.45) is 2.91. The molecule has 1 aliphatic carbocycles. The largest absolute Gasteiger partial charge is 0.489 e. The Morgan fingerprint density at radius 2 is 2.00 bits per heavy atom. The molecule has 3 aromatic rings. The summed E-state index contributed by atoms with van der Waals surface area (Å²) in [7, 11) is 0. The van der Waals surface area contributed by atoms with Gasteiger partial charge in [0.15, 0.2) is 6.61 Å². The van der Waals surface area contributed by atoms with Gasteiger partial charge in [-0.1, -0.05) is 35.5 Å². The monoisotopic (exact) mass is 434 g/mol. The number of carbonyl (C=O) groups is 2. The van der Waals surface area contributed by atoms with Crippen LogP contribution in [0.4, 0.5) is 0 Å². The molecule has 0 aliphatic heterocycles. The zero-order valence-corrected chi connectivity index (χ0v) is 18.2. The van der Waals surface area contributed by atoms with Gasteiger partial charge in [-0.2, -0.15) is 0 Å². The molecule has 0 radical (unpaired) electrons. The van der Waals surface area contributed by atoms with Gasteiger partial charge in [-0.05, 0) is 62.4 Å². The third-order valence-electron chi connectivity index (χ3n) is 5.67. The van der Waals surface area contributed by atoms with E-state index in [1.165, 1.54) is 5.56 Å². The first kappa shape index (κ1) is 21.6. The predicted octanol–water partition coefficient (Wildman–Crippen LogP) is 4.22. The molecule has 0 fully saturated rings. The lowest BCUT2D eigenvalue weighted by Gasteiger charge is -2.26. The minimum absolute atomic E-state index is 0.0489. The van der Waals surface area contributed by atoms with Crippen LogP contribution in [0.2, 0.25) is 0 Å². The molecule has 1 amide bonds. The normalized spacial score (nSPS) is 15.0. The van der Waals surface area contributed by atoms with Gasteiger partial charge in [0.25, 0.3) is 5.91 Å². The summed E-state index contributed by atoms with van der Waals surface area (Å²) in [6.45, 7) is 3.62. The minimum Gasteiger partial charge on any atom is -0.489 e. The lowest BCUT2D eigenvalue weighted by Crippen LogP contribution is -2.34. The summed E-state index contributed by atoms with van der Waals surface area (Å²) in [5.41, 5.74) is 4.36. The van der Waals surface area contributed by atoms with Gasteiger partial charge >= 0.3 is 5.97 Å². The minimum atomic E-state index is -0.577. The van der Waals surface area contributed by atoms with Gasteiger partial charge in [0.1, 0.15) is 18.1 Å². The van der Waals surface area contributed by atoms with Crippen LogP contribution in [-0.4, -0.2) is 23.6 Å². The Kier molecular flexibility index (Phi) is 6.54. The number of carbonyl (C=O) groups excluding carboxylic acids is 2. The lowest BCUT2D eigenvalue weighted by atomic mass is 9.88. The van der Waals surface area contributed by atoms with Crippen LogP contribution in [0.25, 0.3) is 0 Å². The topological polar surface area (TPSA) is 90.7 Å². The van der Waals surface area contributed by atoms with Crippen molar-refractivity contribution in [1.29, 1.82) is 0 Å². The van der Waals surface area contributed by atoms with Gasteiger partial charge in [-0.25, -0.2) is 4.79 Å². The van der Waals surface area contributed by atoms with E-state index < -0.39 is 5.97 Å². The first-order chi connectivity index (χ1) is 15.5. The number of aryl methyl sites for hydroxylation is 3. The maximum atomic E-state index is 12.5. The molecule has 0 saturated carbocycles. The SMILES string of the molecule is Cc1noc(C)c1COc1cccc(C(=O)OCC(=O)N[C@@H]2CCCc3ccccc32)c1. The van der Waals surface area contributed by atoms with Gasteiger partial charge in [-0.15, -0.1) is 0 Å². The van der Waals surface area contributed by atoms with Crippen molar-refractivity contribution in [3.05, 3.63) is 82.2 Å². The van der Waals surface area contributed by atoms with Gasteiger partial charge < -0.3 is 19.3 Å². The summed E-state index contributed by atoms with van der Waals surface area (Å²) >= 11 is 0. The zero-order valence-electron chi connectivity index (χ0n) is 18.2. The van der Waals surface area contributed by atoms with E-state index in [4.69, 9.17) is 14.0 Å². The number of nitrogens with one attached hydrogen (secondary N) is 1. The molecular formula is C25H26N2O5. The van der Waals surface area contributed by atoms with Crippen molar-refractivity contribution < 1.29 is 23.6 Å². The number of nitrogens with zero attached hydrogens (tertiary/aromatic N) is 1. The highest BCUT2D eigenvalue weighted by atomic mass is 16.5. The molecule has 2 aromatic carbocycles. The Balaban J connectivity index is 1.30. The highest BCUT2D eigenvalue weighted by molar-refractivity contribution is 5.91. The van der Waals surface area contributed by atoms with Crippen molar-refractivity contribution >= 4 is 11.9 Å². The van der Waals surface area contributed by atoms with Crippen LogP contribution in [0.3, 0.4) is 0 Å². The zero-order chi connectivity index (χ0) is 22.5. The van der Waals surface area contributed by atoms with E-state index in [1.807, 2.05) is 32.0 Å². The average molecular weight is 434 g/mol. The molecule has 1 heterocycles. The van der Waals surface area contributed by atoms with Crippen LogP contribution in [0.5, 0.6) is 5.75 Å². The van der Waals surface area contributed by atoms with Crippen molar-refractivity contribution in [2.75, 3.05) is 6.61 Å². The second kappa shape index (κ2) is 9.68. The molecule has 166 valence electrons. The molecule has 7 heteroatoms. The first-order valence-electron chi connectivity index (χ1n) is 10.7. The number of ether oxygens (including phenoxy) is 2. The summed E-state index contributed by atoms with van der Waals surface area (Å²) in [5, 5.41) is 6.89. The molecule has 1 atom stereocenters. The number of hydrogen-bond donors (Lipinski definition) is 1. The third kappa shape index (κ3) is 4.99. The third-order valence-corrected chi connectivity index (χ3v) is 5.67. The number of amides is 1. The molecule has 7 nitrogen and oxygen atoms in total. The van der Waals surface area contributed by atoms with Crippen molar-refractivity contribution in [3.63, 3.8) is 0 Å². The van der Waals surface area contributed by atoms with Gasteiger partial charge in [0.05, 0.1) is 22.9 Å². The van der Waals surface area contributed by atoms with Crippen molar-refractivity contribution in [2.45, 2.75) is 45.8 Å². The molecule has 0 unspecified atom stereocenters. The van der Waals surface area contributed by atoms with E-state index in [2.05, 4.69) is 16.5 Å². The predicted molar refractivity (Wildman–Crippen MR) is 117 cm³/mol. The van der Waals surface area contributed by atoms with Gasteiger partial charge in [-0.3, -0.25) is 4.79 Å². The molecule has 0 saturated heterocycles. The van der Waals surface area contributed by atoms with E-state index >= 15 is 0 Å². The maximum Gasteiger partial charge on any atom is 0.338 e. The summed E-state index contributed by atoms with van der Waals surface area (Å²) in [4.78, 5) is 24.8. The Labute approximate surface area is 186 Å². The molecule has 1 N–H and O–H groups in total. The van der Waals surface area contributed by atoms with E-state index in [-0.39, 0.29) is 25.2 Å². The number of benzene rings is 2. The number of rotatable bonds is 7. The van der Waals surface area contributed by atoms with E-state index in [1.54, 1.807) is 24.3 Å². The molecular weight excluding hydrogens is 408 g/mol. The molecule has 1 aliphatic rings. The standard InChI is InChI=1S/C25H26N2O5/c1-16-22(17(2)32-27-16)14-30-20-10-5-9-19(13-20)25(29)31-15-24(28)26-23-12-6-8-18-7-3-4-11-21(18)23/h3-5,7,9-11,13,23H,6,8,12,14-15H2,1-2H3,(H,26,28)/t23-/m1/s1. The van der Waals surface area contributed by atoms with E-state index in [0.717, 1.165) is 36.1 Å². The van der Waals surface area contributed by atoms with Crippen LogP contribution in [0, 0.1) is 13.8 Å². The number of aromatic nitrogens is 1. The molecule has 0 spiro atoms. The van der Waals surface area contributed by atoms with Crippen molar-refractivity contribution in [2.24, 2.45) is 0 Å². The second-order valence-electron chi connectivity index (χ2n) is 7.91. The van der Waals surface area contributed by atoms with E-state index in [9.17, 15) is 9.59 Å². The fourth-order valence-corrected chi connectivity index (χ4v) is 3.93. The number of fused-ring (bicyclic) bond motifs is 1. The second-order valence-corrected chi connectivity index (χ2v) is 7.91. The average Bonchev–Trinajstić information content (AvgIpc) is 3.13. The van der Waals surface area contributed by atoms with Crippen LogP contribution in [0.1, 0.15) is 57.4 Å². The first-order valence-corrected chi connectivity index (χ1v) is 10.7. The Morgan fingerprint density at radius 3 is 2.81 bits per heavy atom. The Bertz CT molecular complexity index is 1100. The summed E-state index contributed by atoms with van der Waals surface area (Å²) in [5.74, 6) is 0.324. The lowest BCUT2D eigenvalue weighted by molar-refractivity contribution is -0.125. The summed E-state index contributed by atoms with van der Waals surface area (Å²) < 4.78 is 16.1. The van der Waals surface area contributed by atoms with Gasteiger partial charge in [0, 0.05) is 0 Å². The highest BCUT2D eigenvalue weighted by Crippen LogP contribution is 2.29. The Hall–Kier alpha value is -3.61. The van der Waals surface area contributed by atoms with Crippen LogP contribution in [0.15, 0.2) is 53.1 Å². The van der Waals surface area contributed by atoms with Crippen LogP contribution < -0.4 is 10.1 Å². The Morgan fingerprint density at radius 1 is 1.16 bits per heavy atom. The van der Waals surface area contributed by atoms with Crippen molar-refractivity contribution in [1.82, 2.24) is 10.5 Å². The fraction of sp³-hybridized carbons (Fsp3) is 0.320. The van der Waals surface area contributed by atoms with Crippen molar-refractivity contribution in [3.8, 4) is 5.75 Å². The smallest absolute Gasteiger partial charge is 0.338 e. The maximum absolute atomic E-state index is 12.5. The fourth-order valence-electron chi connectivity index (χ4n) is 3.93. The molecule has 0 bridgehead atoms. The molecule has 4 rings (SSSR count). The molecule has 1 aromatic heterocycles. The summed E-state index contributed by atoms with van der Waals surface area (Å²) in [6, 6.07) is 14.7. The van der Waals surface area contributed by atoms with Gasteiger partial charge in [0.2, 0.25) is 0 Å². The number of esters is 1. The highest BCUT2D eigenvalue weighted by Gasteiger charge is 2.22.